The third-order valence-electron chi connectivity index (χ3n) is 3.46. The third-order valence-corrected chi connectivity index (χ3v) is 4.08. The summed E-state index contributed by atoms with van der Waals surface area (Å²) in [5.74, 6) is 0.862. The Morgan fingerprint density at radius 1 is 1.45 bits per heavy atom. The van der Waals surface area contributed by atoms with Gasteiger partial charge in [0.1, 0.15) is 12.4 Å². The summed E-state index contributed by atoms with van der Waals surface area (Å²) in [7, 11) is 1.97. The molecule has 1 fully saturated rings. The van der Waals surface area contributed by atoms with Crippen molar-refractivity contribution >= 4 is 15.9 Å². The molecule has 0 spiro atoms. The SMILES string of the molecule is Cn1cncc1COc1ccc(CNC2CC2)cc1Br. The second-order valence-corrected chi connectivity index (χ2v) is 6.06. The highest BCUT2D eigenvalue weighted by molar-refractivity contribution is 9.10. The average Bonchev–Trinajstić information content (AvgIpc) is 3.18. The molecule has 20 heavy (non-hydrogen) atoms. The first-order chi connectivity index (χ1) is 9.72. The van der Waals surface area contributed by atoms with Crippen molar-refractivity contribution in [2.45, 2.75) is 32.0 Å². The molecular formula is C15H18BrN3O. The number of rotatable bonds is 6. The van der Waals surface area contributed by atoms with E-state index in [1.807, 2.05) is 23.9 Å². The predicted molar refractivity (Wildman–Crippen MR) is 81.5 cm³/mol. The highest BCUT2D eigenvalue weighted by atomic mass is 79.9. The van der Waals surface area contributed by atoms with Gasteiger partial charge in [-0.25, -0.2) is 4.98 Å². The van der Waals surface area contributed by atoms with Crippen molar-refractivity contribution in [1.29, 1.82) is 0 Å². The van der Waals surface area contributed by atoms with Crippen LogP contribution in [0.5, 0.6) is 5.75 Å². The van der Waals surface area contributed by atoms with Crippen LogP contribution in [0, 0.1) is 0 Å². The maximum atomic E-state index is 5.83. The van der Waals surface area contributed by atoms with E-state index in [1.165, 1.54) is 18.4 Å². The lowest BCUT2D eigenvalue weighted by atomic mass is 10.2. The summed E-state index contributed by atoms with van der Waals surface area (Å²) in [4.78, 5) is 4.08. The number of nitrogens with one attached hydrogen (secondary N) is 1. The molecule has 0 unspecified atom stereocenters. The standard InChI is InChI=1S/C15H18BrN3O/c1-19-10-17-8-13(19)9-20-15-5-2-11(6-14(15)16)7-18-12-3-4-12/h2,5-6,8,10,12,18H,3-4,7,9H2,1H3. The number of benzene rings is 1. The van der Waals surface area contributed by atoms with Crippen LogP contribution in [-0.2, 0) is 20.2 Å². The van der Waals surface area contributed by atoms with Gasteiger partial charge in [0.2, 0.25) is 0 Å². The minimum atomic E-state index is 0.523. The number of aromatic nitrogens is 2. The summed E-state index contributed by atoms with van der Waals surface area (Å²) < 4.78 is 8.78. The zero-order chi connectivity index (χ0) is 13.9. The monoisotopic (exact) mass is 335 g/mol. The van der Waals surface area contributed by atoms with Crippen molar-refractivity contribution in [2.75, 3.05) is 0 Å². The molecule has 0 saturated heterocycles. The molecule has 0 amide bonds. The van der Waals surface area contributed by atoms with Crippen LogP contribution in [0.2, 0.25) is 0 Å². The Labute approximate surface area is 127 Å². The van der Waals surface area contributed by atoms with Crippen LogP contribution >= 0.6 is 15.9 Å². The summed E-state index contributed by atoms with van der Waals surface area (Å²) in [6.45, 7) is 1.44. The summed E-state index contributed by atoms with van der Waals surface area (Å²) in [5, 5.41) is 3.51. The Morgan fingerprint density at radius 3 is 2.95 bits per heavy atom. The number of aryl methyl sites for hydroxylation is 1. The first kappa shape index (κ1) is 13.6. The van der Waals surface area contributed by atoms with Gasteiger partial charge < -0.3 is 14.6 Å². The third kappa shape index (κ3) is 3.41. The zero-order valence-electron chi connectivity index (χ0n) is 11.5. The van der Waals surface area contributed by atoms with Crippen molar-refractivity contribution in [2.24, 2.45) is 7.05 Å². The van der Waals surface area contributed by atoms with Gasteiger partial charge in [0.05, 0.1) is 22.7 Å². The largest absolute Gasteiger partial charge is 0.486 e. The highest BCUT2D eigenvalue weighted by Crippen LogP contribution is 2.27. The van der Waals surface area contributed by atoms with Crippen LogP contribution in [0.3, 0.4) is 0 Å². The molecule has 1 heterocycles. The molecule has 5 heteroatoms. The number of ether oxygens (including phenoxy) is 1. The second-order valence-electron chi connectivity index (χ2n) is 5.20. The molecule has 1 aliphatic carbocycles. The van der Waals surface area contributed by atoms with Gasteiger partial charge in [-0.05, 0) is 46.5 Å². The maximum absolute atomic E-state index is 5.83. The van der Waals surface area contributed by atoms with E-state index in [9.17, 15) is 0 Å². The average molecular weight is 336 g/mol. The predicted octanol–water partition coefficient (Wildman–Crippen LogP) is 3.01. The normalized spacial score (nSPS) is 14.5. The van der Waals surface area contributed by atoms with E-state index in [2.05, 4.69) is 38.4 Å². The Bertz CT molecular complexity index is 593. The number of halogens is 1. The number of imidazole rings is 1. The summed E-state index contributed by atoms with van der Waals surface area (Å²) in [6, 6.07) is 6.98. The molecule has 1 aromatic carbocycles. The van der Waals surface area contributed by atoms with Crippen molar-refractivity contribution in [1.82, 2.24) is 14.9 Å². The van der Waals surface area contributed by atoms with Crippen LogP contribution < -0.4 is 10.1 Å². The van der Waals surface area contributed by atoms with Gasteiger partial charge in [-0.15, -0.1) is 0 Å². The molecular weight excluding hydrogens is 318 g/mol. The Morgan fingerprint density at radius 2 is 2.30 bits per heavy atom. The summed E-state index contributed by atoms with van der Waals surface area (Å²) in [5.41, 5.74) is 2.33. The minimum Gasteiger partial charge on any atom is -0.486 e. The molecule has 0 bridgehead atoms. The number of hydrogen-bond donors (Lipinski definition) is 1. The van der Waals surface area contributed by atoms with Gasteiger partial charge in [0, 0.05) is 19.6 Å². The maximum Gasteiger partial charge on any atom is 0.134 e. The molecule has 2 aromatic rings. The Kier molecular flexibility index (Phi) is 4.08. The van der Waals surface area contributed by atoms with Gasteiger partial charge >= 0.3 is 0 Å². The lowest BCUT2D eigenvalue weighted by Gasteiger charge is -2.10. The lowest BCUT2D eigenvalue weighted by Crippen LogP contribution is -2.15. The van der Waals surface area contributed by atoms with Gasteiger partial charge in [0.15, 0.2) is 0 Å². The zero-order valence-corrected chi connectivity index (χ0v) is 13.1. The molecule has 0 atom stereocenters. The first-order valence-corrected chi connectivity index (χ1v) is 7.61. The number of hydrogen-bond acceptors (Lipinski definition) is 3. The lowest BCUT2D eigenvalue weighted by molar-refractivity contribution is 0.295. The van der Waals surface area contributed by atoms with Gasteiger partial charge in [-0.3, -0.25) is 0 Å². The van der Waals surface area contributed by atoms with Gasteiger partial charge in [-0.1, -0.05) is 6.07 Å². The van der Waals surface area contributed by atoms with E-state index in [-0.39, 0.29) is 0 Å². The topological polar surface area (TPSA) is 39.1 Å². The van der Waals surface area contributed by atoms with Crippen molar-refractivity contribution in [3.8, 4) is 5.75 Å². The first-order valence-electron chi connectivity index (χ1n) is 6.82. The van der Waals surface area contributed by atoms with Crippen molar-refractivity contribution in [3.05, 3.63) is 46.5 Å². The van der Waals surface area contributed by atoms with E-state index < -0.39 is 0 Å². The molecule has 0 radical (unpaired) electrons. The fraction of sp³-hybridized carbons (Fsp3) is 0.400. The quantitative estimate of drug-likeness (QED) is 0.881. The fourth-order valence-electron chi connectivity index (χ4n) is 2.00. The Hall–Kier alpha value is -1.33. The molecule has 4 nitrogen and oxygen atoms in total. The number of nitrogens with zero attached hydrogens (tertiary/aromatic N) is 2. The van der Waals surface area contributed by atoms with Crippen molar-refractivity contribution in [3.63, 3.8) is 0 Å². The molecule has 1 saturated carbocycles. The smallest absolute Gasteiger partial charge is 0.134 e. The highest BCUT2D eigenvalue weighted by Gasteiger charge is 2.20. The Balaban J connectivity index is 1.60. The van der Waals surface area contributed by atoms with Crippen LogP contribution in [0.4, 0.5) is 0 Å². The minimum absolute atomic E-state index is 0.523. The van der Waals surface area contributed by atoms with Gasteiger partial charge in [-0.2, -0.15) is 0 Å². The van der Waals surface area contributed by atoms with Crippen LogP contribution in [0.1, 0.15) is 24.1 Å². The molecule has 0 aliphatic heterocycles. The van der Waals surface area contributed by atoms with Crippen molar-refractivity contribution < 1.29 is 4.74 Å². The summed E-state index contributed by atoms with van der Waals surface area (Å²) in [6.07, 6.45) is 6.22. The fourth-order valence-corrected chi connectivity index (χ4v) is 2.54. The molecule has 3 rings (SSSR count). The molecule has 1 aromatic heterocycles. The van der Waals surface area contributed by atoms with Crippen LogP contribution in [0.25, 0.3) is 0 Å². The molecule has 1 aliphatic rings. The van der Waals surface area contributed by atoms with E-state index in [1.54, 1.807) is 6.33 Å². The van der Waals surface area contributed by atoms with Crippen LogP contribution in [0.15, 0.2) is 35.2 Å². The van der Waals surface area contributed by atoms with E-state index in [0.29, 0.717) is 6.61 Å². The van der Waals surface area contributed by atoms with E-state index >= 15 is 0 Å². The van der Waals surface area contributed by atoms with Gasteiger partial charge in [0.25, 0.3) is 0 Å². The van der Waals surface area contributed by atoms with E-state index in [0.717, 1.165) is 28.5 Å². The molecule has 1 N–H and O–H groups in total. The second kappa shape index (κ2) is 5.97. The van der Waals surface area contributed by atoms with E-state index in [4.69, 9.17) is 4.74 Å². The molecule has 106 valence electrons. The van der Waals surface area contributed by atoms with Crippen LogP contribution in [-0.4, -0.2) is 15.6 Å². The summed E-state index contributed by atoms with van der Waals surface area (Å²) >= 11 is 3.58.